The van der Waals surface area contributed by atoms with Crippen molar-refractivity contribution in [2.45, 2.75) is 287 Å². The maximum absolute atomic E-state index is 13.1. The van der Waals surface area contributed by atoms with Crippen LogP contribution < -0.4 is 0 Å². The number of hydrogen-bond donors (Lipinski definition) is 7. The fraction of sp³-hybridized carbons (Fsp3) is 0.831. The minimum atomic E-state index is -1.77. The number of unbranched alkanes of at least 4 members (excludes halogenated alkanes) is 24. The molecule has 2 rings (SSSR count). The fourth-order valence-corrected chi connectivity index (χ4v) is 8.98. The number of aliphatic hydroxyl groups is 7. The number of allylic oxidation sites excluding steroid dienone is 8. The number of rotatable bonds is 46. The normalized spacial score (nSPS) is 25.0. The minimum absolute atomic E-state index is 0.159. The molecular weight excluding hydrogens is 949 g/mol. The van der Waals surface area contributed by atoms with Gasteiger partial charge < -0.3 is 64.2 Å². The van der Waals surface area contributed by atoms with Crippen molar-refractivity contribution in [2.24, 2.45) is 0 Å². The molecule has 2 heterocycles. The van der Waals surface area contributed by atoms with E-state index >= 15 is 0 Å². The Morgan fingerprint density at radius 3 is 1.26 bits per heavy atom. The van der Waals surface area contributed by atoms with Gasteiger partial charge in [0.1, 0.15) is 55.4 Å². The Hall–Kier alpha value is -2.54. The summed E-state index contributed by atoms with van der Waals surface area (Å²) in [5.74, 6) is -0.930. The number of carbonyl (C=O) groups is 2. The first-order chi connectivity index (χ1) is 36.0. The molecule has 15 nitrogen and oxygen atoms in total. The van der Waals surface area contributed by atoms with Crippen LogP contribution in [0.3, 0.4) is 0 Å². The zero-order chi connectivity index (χ0) is 53.9. The molecule has 2 saturated heterocycles. The molecule has 4 unspecified atom stereocenters. The highest BCUT2D eigenvalue weighted by molar-refractivity contribution is 5.70. The first-order valence-electron chi connectivity index (χ1n) is 29.2. The summed E-state index contributed by atoms with van der Waals surface area (Å²) in [4.78, 5) is 25.9. The number of esters is 2. The van der Waals surface area contributed by atoms with E-state index in [0.29, 0.717) is 12.8 Å². The lowest BCUT2D eigenvalue weighted by Gasteiger charge is -2.42. The lowest BCUT2D eigenvalue weighted by Crippen LogP contribution is -2.61. The van der Waals surface area contributed by atoms with Gasteiger partial charge in [0.2, 0.25) is 0 Å². The maximum atomic E-state index is 13.1. The van der Waals surface area contributed by atoms with E-state index in [-0.39, 0.29) is 26.1 Å². The SMILES string of the molecule is CCCCC/C=C/C/C=C/CCCCCCCCCCCC(=O)OC[C@@H](CO[C@@H]1O[C@H](CO[C@@H]2O[C@H](CO)[C@H](O)C(O)C2O)[C@H](O)C(O)C1O)OC(=O)CCCCCCCCCCC/C=C/C/C=C/CCCCC. The van der Waals surface area contributed by atoms with E-state index in [2.05, 4.69) is 62.5 Å². The highest BCUT2D eigenvalue weighted by atomic mass is 16.7. The van der Waals surface area contributed by atoms with Gasteiger partial charge in [0.15, 0.2) is 18.7 Å². The maximum Gasteiger partial charge on any atom is 0.306 e. The van der Waals surface area contributed by atoms with Crippen LogP contribution in [0.5, 0.6) is 0 Å². The average Bonchev–Trinajstić information content (AvgIpc) is 3.39. The first-order valence-corrected chi connectivity index (χ1v) is 29.2. The molecule has 0 saturated carbocycles. The number of hydrogen-bond acceptors (Lipinski definition) is 15. The molecule has 0 amide bonds. The molecule has 0 aliphatic carbocycles. The Kier molecular flexibility index (Phi) is 41.5. The second-order valence-electron chi connectivity index (χ2n) is 20.5. The van der Waals surface area contributed by atoms with Gasteiger partial charge in [-0.25, -0.2) is 0 Å². The van der Waals surface area contributed by atoms with Crippen LogP contribution in [0.4, 0.5) is 0 Å². The highest BCUT2D eigenvalue weighted by Crippen LogP contribution is 2.27. The van der Waals surface area contributed by atoms with Crippen molar-refractivity contribution in [1.29, 1.82) is 0 Å². The quantitative estimate of drug-likeness (QED) is 0.0171. The number of carbonyl (C=O) groups excluding carboxylic acids is 2. The highest BCUT2D eigenvalue weighted by Gasteiger charge is 2.47. The van der Waals surface area contributed by atoms with Gasteiger partial charge in [-0.05, 0) is 77.0 Å². The Bertz CT molecular complexity index is 1470. The summed E-state index contributed by atoms with van der Waals surface area (Å²) in [5, 5.41) is 72.3. The third-order valence-electron chi connectivity index (χ3n) is 13.8. The van der Waals surface area contributed by atoms with Gasteiger partial charge >= 0.3 is 11.9 Å². The smallest absolute Gasteiger partial charge is 0.306 e. The van der Waals surface area contributed by atoms with Gasteiger partial charge in [0.25, 0.3) is 0 Å². The van der Waals surface area contributed by atoms with Crippen molar-refractivity contribution >= 4 is 11.9 Å². The molecule has 0 radical (unpaired) electrons. The summed E-state index contributed by atoms with van der Waals surface area (Å²) < 4.78 is 33.7. The van der Waals surface area contributed by atoms with Gasteiger partial charge in [-0.15, -0.1) is 0 Å². The van der Waals surface area contributed by atoms with Gasteiger partial charge in [-0.1, -0.05) is 178 Å². The summed E-state index contributed by atoms with van der Waals surface area (Å²) in [6, 6.07) is 0. The molecule has 74 heavy (non-hydrogen) atoms. The minimum Gasteiger partial charge on any atom is -0.462 e. The molecule has 0 bridgehead atoms. The van der Waals surface area contributed by atoms with E-state index < -0.39 is 92.7 Å². The van der Waals surface area contributed by atoms with Crippen molar-refractivity contribution in [3.05, 3.63) is 48.6 Å². The van der Waals surface area contributed by atoms with Crippen LogP contribution in [0.2, 0.25) is 0 Å². The topological polar surface area (TPSA) is 231 Å². The van der Waals surface area contributed by atoms with E-state index in [1.54, 1.807) is 0 Å². The van der Waals surface area contributed by atoms with E-state index in [1.165, 1.54) is 109 Å². The number of aliphatic hydroxyl groups excluding tert-OH is 7. The summed E-state index contributed by atoms with van der Waals surface area (Å²) in [7, 11) is 0. The Balaban J connectivity index is 1.76. The summed E-state index contributed by atoms with van der Waals surface area (Å²) in [6.07, 6.45) is 35.5. The molecule has 0 aromatic rings. The summed E-state index contributed by atoms with van der Waals surface area (Å²) >= 11 is 0. The molecule has 2 fully saturated rings. The van der Waals surface area contributed by atoms with E-state index in [9.17, 15) is 45.3 Å². The van der Waals surface area contributed by atoms with Crippen molar-refractivity contribution in [3.63, 3.8) is 0 Å². The van der Waals surface area contributed by atoms with E-state index in [1.807, 2.05) is 0 Å². The van der Waals surface area contributed by atoms with Gasteiger partial charge in [-0.3, -0.25) is 9.59 Å². The second kappa shape index (κ2) is 45.5. The van der Waals surface area contributed by atoms with Gasteiger partial charge in [0.05, 0.1) is 19.8 Å². The zero-order valence-electron chi connectivity index (χ0n) is 45.8. The average molecular weight is 1050 g/mol. The monoisotopic (exact) mass is 1050 g/mol. The zero-order valence-corrected chi connectivity index (χ0v) is 45.8. The largest absolute Gasteiger partial charge is 0.462 e. The van der Waals surface area contributed by atoms with Crippen molar-refractivity contribution < 1.29 is 73.8 Å². The Morgan fingerprint density at radius 2 is 0.811 bits per heavy atom. The predicted molar refractivity (Wildman–Crippen MR) is 289 cm³/mol. The lowest BCUT2D eigenvalue weighted by molar-refractivity contribution is -0.332. The molecule has 0 spiro atoms. The van der Waals surface area contributed by atoms with Gasteiger partial charge in [0, 0.05) is 12.8 Å². The molecule has 11 atom stereocenters. The first kappa shape index (κ1) is 67.6. The summed E-state index contributed by atoms with van der Waals surface area (Å²) in [5.41, 5.74) is 0. The van der Waals surface area contributed by atoms with Crippen LogP contribution in [-0.4, -0.2) is 142 Å². The Morgan fingerprint density at radius 1 is 0.432 bits per heavy atom. The van der Waals surface area contributed by atoms with Gasteiger partial charge in [-0.2, -0.15) is 0 Å². The molecule has 2 aliphatic heterocycles. The third kappa shape index (κ3) is 32.3. The molecule has 0 aromatic heterocycles. The molecule has 0 aromatic carbocycles. The lowest BCUT2D eigenvalue weighted by atomic mass is 9.98. The third-order valence-corrected chi connectivity index (χ3v) is 13.8. The van der Waals surface area contributed by atoms with E-state index in [0.717, 1.165) is 70.6 Å². The van der Waals surface area contributed by atoms with E-state index in [4.69, 9.17) is 28.4 Å². The number of ether oxygens (including phenoxy) is 6. The van der Waals surface area contributed by atoms with Crippen LogP contribution in [0.15, 0.2) is 48.6 Å². The van der Waals surface area contributed by atoms with Crippen molar-refractivity contribution in [3.8, 4) is 0 Å². The molecule has 7 N–H and O–H groups in total. The van der Waals surface area contributed by atoms with Crippen LogP contribution in [0.25, 0.3) is 0 Å². The van der Waals surface area contributed by atoms with Crippen LogP contribution in [0.1, 0.15) is 219 Å². The van der Waals surface area contributed by atoms with Crippen molar-refractivity contribution in [1.82, 2.24) is 0 Å². The molecule has 15 heteroatoms. The fourth-order valence-electron chi connectivity index (χ4n) is 8.98. The van der Waals surface area contributed by atoms with Crippen LogP contribution in [0, 0.1) is 0 Å². The second-order valence-corrected chi connectivity index (χ2v) is 20.5. The molecular formula is C59H104O15. The Labute approximate surface area is 446 Å². The van der Waals surface area contributed by atoms with Crippen LogP contribution in [-0.2, 0) is 38.0 Å². The standard InChI is InChI=1S/C59H104O15/c1-3-5-7-9-11-13-15-17-19-21-23-25-27-29-31-33-35-37-39-41-50(61)69-44-47(72-51(62)42-40-38-36-34-32-30-28-26-24-22-20-18-16-14-12-10-8-6-4-2)45-70-58-57(68)55(66)53(64)49(74-58)46-71-59-56(67)54(65)52(63)48(43-60)73-59/h11-14,17-20,47-49,52-60,63-68H,3-10,15-16,21-46H2,1-2H3/b13-11+,14-12+,19-17+,20-18+/t47-,48+,49+,52-,53-,54?,55?,56?,57?,58+,59+/m0/s1. The summed E-state index contributed by atoms with van der Waals surface area (Å²) in [6.45, 7) is 2.56. The van der Waals surface area contributed by atoms with Crippen LogP contribution >= 0.6 is 0 Å². The predicted octanol–water partition coefficient (Wildman–Crippen LogP) is 9.83. The molecule has 2 aliphatic rings. The molecule has 430 valence electrons. The van der Waals surface area contributed by atoms with Crippen molar-refractivity contribution in [2.75, 3.05) is 26.4 Å².